The van der Waals surface area contributed by atoms with E-state index in [2.05, 4.69) is 0 Å². The van der Waals surface area contributed by atoms with Gasteiger partial charge in [0.2, 0.25) is 0 Å². The minimum atomic E-state index is -1.19. The fraction of sp³-hybridized carbons (Fsp3) is 0.588. The minimum Gasteiger partial charge on any atom is -0.550 e. The zero-order valence-electron chi connectivity index (χ0n) is 29.7. The maximum atomic E-state index is 11.8. The van der Waals surface area contributed by atoms with Crippen molar-refractivity contribution >= 4 is 83.6 Å². The molecule has 18 nitrogen and oxygen atoms in total. The van der Waals surface area contributed by atoms with Crippen LogP contribution in [-0.4, -0.2) is 90.7 Å². The summed E-state index contributed by atoms with van der Waals surface area (Å²) in [6.07, 6.45) is 4.34. The second-order valence-electron chi connectivity index (χ2n) is 15.4. The molecule has 2 N–H and O–H groups in total. The molecular weight excluding hydrogens is 826 g/mol. The Balaban J connectivity index is 0.000000232. The molecular formula is C34H38BaN4O14. The average molecular weight is 864 g/mol. The van der Waals surface area contributed by atoms with E-state index in [0.29, 0.717) is 62.5 Å². The summed E-state index contributed by atoms with van der Waals surface area (Å²) >= 11 is 0. The van der Waals surface area contributed by atoms with E-state index in [9.17, 15) is 70.5 Å². The van der Waals surface area contributed by atoms with Gasteiger partial charge < -0.3 is 30.0 Å². The number of hydrogen-bond donors (Lipinski definition) is 2. The number of fused-ring (bicyclic) bond motifs is 6. The number of benzene rings is 2. The van der Waals surface area contributed by atoms with E-state index in [1.807, 2.05) is 0 Å². The second-order valence-corrected chi connectivity index (χ2v) is 15.4. The topological polar surface area (TPSA) is 293 Å². The summed E-state index contributed by atoms with van der Waals surface area (Å²) < 4.78 is 0. The smallest absolute Gasteiger partial charge is 0.550 e. The average Bonchev–Trinajstić information content (AvgIpc) is 3.04. The number of hydrogen-bond acceptors (Lipinski definition) is 14. The van der Waals surface area contributed by atoms with Gasteiger partial charge in [0, 0.05) is 56.9 Å². The van der Waals surface area contributed by atoms with Crippen molar-refractivity contribution in [1.29, 1.82) is 0 Å². The molecule has 0 saturated heterocycles. The number of carboxylic acids is 2. The third kappa shape index (κ3) is 6.44. The normalized spacial score (nSPS) is 29.6. The SMILES string of the molecule is CC1(C(=O)[O-])CCCC2(C)c3c(cc([N+](=O)[O-])c(O)c3[N+](=O)[O-])CCC12.CC1(C(=O)[O-])CCCC2(C)c3c(cc([N+](=O)[O-])c(O)c3[N+](=O)[O-])CCC12.[Ba+2]. The molecule has 0 aliphatic heterocycles. The van der Waals surface area contributed by atoms with Crippen LogP contribution in [0.3, 0.4) is 0 Å². The van der Waals surface area contributed by atoms with Gasteiger partial charge >= 0.3 is 71.6 Å². The first-order chi connectivity index (χ1) is 24.1. The van der Waals surface area contributed by atoms with Gasteiger partial charge in [0.25, 0.3) is 11.5 Å². The van der Waals surface area contributed by atoms with E-state index >= 15 is 0 Å². The van der Waals surface area contributed by atoms with E-state index in [0.717, 1.165) is 0 Å². The number of nitro benzene ring substituents is 4. The number of carbonyl (C=O) groups is 2. The molecule has 6 unspecified atom stereocenters. The molecule has 0 aromatic heterocycles. The molecule has 2 fully saturated rings. The molecule has 2 aromatic rings. The van der Waals surface area contributed by atoms with Crippen molar-refractivity contribution in [3.8, 4) is 11.5 Å². The Morgan fingerprint density at radius 1 is 0.623 bits per heavy atom. The standard InChI is InChI=1S/2C17H20N2O7.Ba/c2*1-16-6-3-7-17(2,15(21)22)11(16)5-4-9-8-10(18(23)24)14(20)13(12(9)16)19(25)26;/h2*8,11,20H,3-7H2,1-2H3,(H,21,22);/q;;+2/p-2. The van der Waals surface area contributed by atoms with Crippen LogP contribution < -0.4 is 10.2 Å². The Morgan fingerprint density at radius 2 is 0.943 bits per heavy atom. The van der Waals surface area contributed by atoms with Crippen molar-refractivity contribution in [2.24, 2.45) is 22.7 Å². The predicted octanol–water partition coefficient (Wildman–Crippen LogP) is 3.56. The molecule has 0 bridgehead atoms. The first kappa shape index (κ1) is 41.9. The second kappa shape index (κ2) is 14.4. The molecule has 2 saturated carbocycles. The summed E-state index contributed by atoms with van der Waals surface area (Å²) in [5.74, 6) is -5.15. The number of aryl methyl sites for hydroxylation is 2. The first-order valence-corrected chi connectivity index (χ1v) is 16.9. The fourth-order valence-corrected chi connectivity index (χ4v) is 10.4. The van der Waals surface area contributed by atoms with Crippen LogP contribution in [0.1, 0.15) is 101 Å². The minimum absolute atomic E-state index is 0. The van der Waals surface area contributed by atoms with Gasteiger partial charge in [-0.05, 0) is 74.3 Å². The van der Waals surface area contributed by atoms with E-state index in [1.165, 1.54) is 12.1 Å². The number of carboxylic acid groups (broad SMARTS) is 2. The van der Waals surface area contributed by atoms with Gasteiger partial charge in [-0.1, -0.05) is 40.5 Å². The van der Waals surface area contributed by atoms with Crippen molar-refractivity contribution in [2.75, 3.05) is 0 Å². The summed E-state index contributed by atoms with van der Waals surface area (Å²) in [5.41, 5.74) is -5.47. The van der Waals surface area contributed by atoms with E-state index in [4.69, 9.17) is 0 Å². The van der Waals surface area contributed by atoms with Crippen LogP contribution in [0.4, 0.5) is 22.7 Å². The van der Waals surface area contributed by atoms with Crippen LogP contribution in [-0.2, 0) is 33.3 Å². The molecule has 0 spiro atoms. The Kier molecular flexibility index (Phi) is 11.4. The zero-order chi connectivity index (χ0) is 38.9. The summed E-state index contributed by atoms with van der Waals surface area (Å²) in [5, 5.41) is 89.8. The van der Waals surface area contributed by atoms with Gasteiger partial charge in [-0.2, -0.15) is 0 Å². The quantitative estimate of drug-likeness (QED) is 0.239. The number of carbonyl (C=O) groups excluding carboxylic acids is 2. The number of nitro groups is 4. The molecule has 19 heteroatoms. The third-order valence-electron chi connectivity index (χ3n) is 12.8. The Morgan fingerprint density at radius 3 is 1.21 bits per heavy atom. The number of aliphatic carboxylic acids is 2. The van der Waals surface area contributed by atoms with E-state index in [-0.39, 0.29) is 72.8 Å². The zero-order valence-corrected chi connectivity index (χ0v) is 34.1. The number of nitrogens with zero attached hydrogens (tertiary/aromatic N) is 4. The first-order valence-electron chi connectivity index (χ1n) is 16.9. The number of phenolic OH excluding ortho intramolecular Hbond substituents is 2. The molecule has 0 amide bonds. The molecule has 4 aliphatic rings. The van der Waals surface area contributed by atoms with Crippen LogP contribution in [0.5, 0.6) is 11.5 Å². The summed E-state index contributed by atoms with van der Waals surface area (Å²) in [4.78, 5) is 66.1. The van der Waals surface area contributed by atoms with Crippen molar-refractivity contribution < 1.29 is 49.7 Å². The molecule has 53 heavy (non-hydrogen) atoms. The van der Waals surface area contributed by atoms with Crippen molar-refractivity contribution in [1.82, 2.24) is 0 Å². The van der Waals surface area contributed by atoms with Gasteiger partial charge in [0.1, 0.15) is 0 Å². The van der Waals surface area contributed by atoms with Crippen LogP contribution in [0.25, 0.3) is 0 Å². The molecule has 6 atom stereocenters. The van der Waals surface area contributed by atoms with E-state index < -0.39 is 99.4 Å². The molecule has 2 aromatic carbocycles. The molecule has 6 rings (SSSR count). The summed E-state index contributed by atoms with van der Waals surface area (Å²) in [6, 6.07) is 2.37. The van der Waals surface area contributed by atoms with Crippen LogP contribution in [0.15, 0.2) is 12.1 Å². The summed E-state index contributed by atoms with van der Waals surface area (Å²) in [7, 11) is 0. The van der Waals surface area contributed by atoms with Crippen LogP contribution in [0.2, 0.25) is 0 Å². The van der Waals surface area contributed by atoms with Gasteiger partial charge in [-0.3, -0.25) is 40.5 Å². The van der Waals surface area contributed by atoms with Crippen molar-refractivity contribution in [2.45, 2.75) is 103 Å². The van der Waals surface area contributed by atoms with Gasteiger partial charge in [-0.25, -0.2) is 0 Å². The van der Waals surface area contributed by atoms with Gasteiger partial charge in [0.15, 0.2) is 0 Å². The van der Waals surface area contributed by atoms with Gasteiger partial charge in [0.05, 0.1) is 19.7 Å². The number of phenols is 2. The third-order valence-corrected chi connectivity index (χ3v) is 12.8. The van der Waals surface area contributed by atoms with Gasteiger partial charge in [-0.15, -0.1) is 0 Å². The number of aromatic hydroxyl groups is 2. The largest absolute Gasteiger partial charge is 2.00 e. The van der Waals surface area contributed by atoms with Crippen LogP contribution >= 0.6 is 0 Å². The maximum Gasteiger partial charge on any atom is 2.00 e. The Labute approximate surface area is 342 Å². The monoisotopic (exact) mass is 864 g/mol. The van der Waals surface area contributed by atoms with Crippen molar-refractivity contribution in [3.63, 3.8) is 0 Å². The van der Waals surface area contributed by atoms with Crippen LogP contribution in [0, 0.1) is 63.1 Å². The van der Waals surface area contributed by atoms with E-state index in [1.54, 1.807) is 27.7 Å². The molecule has 0 radical (unpaired) electrons. The Hall–Kier alpha value is -3.85. The number of rotatable bonds is 6. The molecule has 4 aliphatic carbocycles. The predicted molar refractivity (Wildman–Crippen MR) is 181 cm³/mol. The Bertz CT molecular complexity index is 1820. The van der Waals surface area contributed by atoms with Crippen molar-refractivity contribution in [3.05, 3.63) is 74.8 Å². The molecule has 280 valence electrons. The molecule has 0 heterocycles. The summed E-state index contributed by atoms with van der Waals surface area (Å²) in [6.45, 7) is 6.72. The fourth-order valence-electron chi connectivity index (χ4n) is 10.4. The maximum absolute atomic E-state index is 11.8.